The van der Waals surface area contributed by atoms with Crippen molar-refractivity contribution in [3.8, 4) is 0 Å². The zero-order chi connectivity index (χ0) is 21.8. The number of benzene rings is 1. The molecule has 1 unspecified atom stereocenters. The molecular formula is C22H23F2N5O2. The summed E-state index contributed by atoms with van der Waals surface area (Å²) in [5, 5.41) is 7.46. The lowest BCUT2D eigenvalue weighted by atomic mass is 10.1. The fraction of sp³-hybridized carbons (Fsp3) is 0.364. The summed E-state index contributed by atoms with van der Waals surface area (Å²) in [6, 6.07) is 7.31. The van der Waals surface area contributed by atoms with Gasteiger partial charge in [0.2, 0.25) is 5.91 Å². The van der Waals surface area contributed by atoms with E-state index >= 15 is 0 Å². The molecule has 3 aromatic rings. The Morgan fingerprint density at radius 1 is 1.16 bits per heavy atom. The van der Waals surface area contributed by atoms with E-state index in [1.54, 1.807) is 17.0 Å². The van der Waals surface area contributed by atoms with Crippen molar-refractivity contribution in [2.75, 3.05) is 0 Å². The molecule has 162 valence electrons. The number of amides is 1. The maximum absolute atomic E-state index is 13.3. The molecule has 0 radical (unpaired) electrons. The predicted molar refractivity (Wildman–Crippen MR) is 109 cm³/mol. The molecule has 9 heteroatoms. The number of carbonyl (C=O) groups excluding carboxylic acids is 1. The molecule has 4 rings (SSSR count). The molecule has 0 spiro atoms. The van der Waals surface area contributed by atoms with E-state index in [4.69, 9.17) is 0 Å². The van der Waals surface area contributed by atoms with Crippen LogP contribution in [0.5, 0.6) is 0 Å². The topological polar surface area (TPSA) is 81.8 Å². The monoisotopic (exact) mass is 427 g/mol. The molecule has 7 nitrogen and oxygen atoms in total. The van der Waals surface area contributed by atoms with E-state index in [9.17, 15) is 18.4 Å². The zero-order valence-electron chi connectivity index (χ0n) is 16.9. The van der Waals surface area contributed by atoms with Crippen molar-refractivity contribution >= 4 is 5.91 Å². The molecule has 0 saturated carbocycles. The minimum atomic E-state index is -0.912. The Morgan fingerprint density at radius 3 is 2.81 bits per heavy atom. The van der Waals surface area contributed by atoms with Crippen LogP contribution in [0.3, 0.4) is 0 Å². The molecule has 3 heterocycles. The molecule has 0 fully saturated rings. The Morgan fingerprint density at radius 2 is 2.03 bits per heavy atom. The molecule has 1 aromatic carbocycles. The number of fused-ring (bicyclic) bond motifs is 1. The third kappa shape index (κ3) is 5.04. The predicted octanol–water partition coefficient (Wildman–Crippen LogP) is 2.22. The van der Waals surface area contributed by atoms with Crippen molar-refractivity contribution in [1.29, 1.82) is 0 Å². The Kier molecular flexibility index (Phi) is 6.20. The highest BCUT2D eigenvalue weighted by Gasteiger charge is 2.22. The van der Waals surface area contributed by atoms with Crippen LogP contribution in [0, 0.1) is 11.6 Å². The van der Waals surface area contributed by atoms with Gasteiger partial charge < -0.3 is 5.32 Å². The first-order chi connectivity index (χ1) is 15.0. The largest absolute Gasteiger partial charge is 0.353 e. The number of hydrogen-bond donors (Lipinski definition) is 1. The minimum absolute atomic E-state index is 0.0645. The Bertz CT molecular complexity index is 1130. The van der Waals surface area contributed by atoms with Gasteiger partial charge >= 0.3 is 5.69 Å². The maximum atomic E-state index is 13.3. The van der Waals surface area contributed by atoms with Crippen molar-refractivity contribution in [3.05, 3.63) is 81.8 Å². The minimum Gasteiger partial charge on any atom is -0.353 e. The van der Waals surface area contributed by atoms with Crippen LogP contribution >= 0.6 is 0 Å². The average Bonchev–Trinajstić information content (AvgIpc) is 2.92. The number of nitrogens with one attached hydrogen (secondary N) is 1. The van der Waals surface area contributed by atoms with Crippen LogP contribution in [-0.2, 0) is 30.7 Å². The van der Waals surface area contributed by atoms with Gasteiger partial charge in [0.1, 0.15) is 5.82 Å². The molecule has 2 aromatic heterocycles. The lowest BCUT2D eigenvalue weighted by molar-refractivity contribution is -0.121. The highest BCUT2D eigenvalue weighted by Crippen LogP contribution is 2.14. The van der Waals surface area contributed by atoms with Crippen LogP contribution in [-0.4, -0.2) is 31.3 Å². The molecule has 0 saturated heterocycles. The fourth-order valence-electron chi connectivity index (χ4n) is 3.79. The van der Waals surface area contributed by atoms with Crippen molar-refractivity contribution in [2.45, 2.75) is 51.2 Å². The first kappa shape index (κ1) is 20.9. The molecule has 1 aliphatic rings. The molecule has 1 aliphatic heterocycles. The number of aryl methyl sites for hydroxylation is 2. The van der Waals surface area contributed by atoms with Gasteiger partial charge in [0.25, 0.3) is 0 Å². The summed E-state index contributed by atoms with van der Waals surface area (Å²) in [6.07, 6.45) is 5.80. The summed E-state index contributed by atoms with van der Waals surface area (Å²) < 4.78 is 29.4. The fourth-order valence-corrected chi connectivity index (χ4v) is 3.79. The lowest BCUT2D eigenvalue weighted by Gasteiger charge is -2.16. The second kappa shape index (κ2) is 9.20. The summed E-state index contributed by atoms with van der Waals surface area (Å²) in [5.74, 6) is -1.25. The van der Waals surface area contributed by atoms with Gasteiger partial charge in [-0.1, -0.05) is 12.1 Å². The van der Waals surface area contributed by atoms with Gasteiger partial charge in [0, 0.05) is 37.8 Å². The van der Waals surface area contributed by atoms with E-state index in [1.165, 1.54) is 10.7 Å². The van der Waals surface area contributed by atoms with E-state index in [1.807, 2.05) is 12.1 Å². The summed E-state index contributed by atoms with van der Waals surface area (Å²) in [5.41, 5.74) is 1.32. The Hall–Kier alpha value is -3.36. The Labute approximate surface area is 177 Å². The molecule has 1 amide bonds. The molecular weight excluding hydrogens is 404 g/mol. The highest BCUT2D eigenvalue weighted by atomic mass is 19.2. The maximum Gasteiger partial charge on any atom is 0.346 e. The van der Waals surface area contributed by atoms with Gasteiger partial charge in [0.05, 0.1) is 6.54 Å². The van der Waals surface area contributed by atoms with Crippen LogP contribution in [0.25, 0.3) is 0 Å². The smallest absolute Gasteiger partial charge is 0.346 e. The van der Waals surface area contributed by atoms with Crippen LogP contribution < -0.4 is 11.0 Å². The summed E-state index contributed by atoms with van der Waals surface area (Å²) >= 11 is 0. The van der Waals surface area contributed by atoms with Gasteiger partial charge in [-0.25, -0.2) is 18.3 Å². The number of pyridine rings is 1. The third-order valence-electron chi connectivity index (χ3n) is 5.46. The van der Waals surface area contributed by atoms with Crippen molar-refractivity contribution in [1.82, 2.24) is 24.6 Å². The molecule has 0 aliphatic carbocycles. The van der Waals surface area contributed by atoms with E-state index in [0.29, 0.717) is 50.2 Å². The number of halogens is 2. The zero-order valence-corrected chi connectivity index (χ0v) is 16.9. The van der Waals surface area contributed by atoms with Crippen LogP contribution in [0.4, 0.5) is 8.78 Å². The van der Waals surface area contributed by atoms with E-state index < -0.39 is 11.6 Å². The molecule has 31 heavy (non-hydrogen) atoms. The molecule has 1 atom stereocenters. The van der Waals surface area contributed by atoms with Gasteiger partial charge in [-0.05, 0) is 48.6 Å². The van der Waals surface area contributed by atoms with Gasteiger partial charge in [0.15, 0.2) is 11.6 Å². The second-order valence-corrected chi connectivity index (χ2v) is 7.71. The number of aromatic nitrogens is 4. The number of rotatable bonds is 6. The number of carbonyl (C=O) groups is 1. The Balaban J connectivity index is 1.31. The third-order valence-corrected chi connectivity index (χ3v) is 5.46. The van der Waals surface area contributed by atoms with E-state index in [-0.39, 0.29) is 24.1 Å². The average molecular weight is 427 g/mol. The van der Waals surface area contributed by atoms with E-state index in [2.05, 4.69) is 15.4 Å². The first-order valence-corrected chi connectivity index (χ1v) is 10.3. The molecule has 1 N–H and O–H groups in total. The standard InChI is InChI=1S/C22H23F2N5O2/c23-18-6-3-15(12-19(18)24)4-8-21(30)26-17-5-7-20-27-29(22(31)28(20)11-9-17)14-16-2-1-10-25-13-16/h1-3,6,10,12-13,17H,4-5,7-9,11,14H2,(H,26,30). The highest BCUT2D eigenvalue weighted by molar-refractivity contribution is 5.76. The van der Waals surface area contributed by atoms with Gasteiger partial charge in [-0.2, -0.15) is 5.10 Å². The second-order valence-electron chi connectivity index (χ2n) is 7.71. The van der Waals surface area contributed by atoms with Crippen molar-refractivity contribution < 1.29 is 13.6 Å². The van der Waals surface area contributed by atoms with Gasteiger partial charge in [-0.3, -0.25) is 14.3 Å². The summed E-state index contributed by atoms with van der Waals surface area (Å²) in [7, 11) is 0. The number of hydrogen-bond acceptors (Lipinski definition) is 4. The number of nitrogens with zero attached hydrogens (tertiary/aromatic N) is 4. The van der Waals surface area contributed by atoms with Crippen LogP contribution in [0.1, 0.15) is 36.2 Å². The van der Waals surface area contributed by atoms with Crippen LogP contribution in [0.2, 0.25) is 0 Å². The summed E-state index contributed by atoms with van der Waals surface area (Å²) in [6.45, 7) is 0.853. The molecule has 0 bridgehead atoms. The van der Waals surface area contributed by atoms with Gasteiger partial charge in [-0.15, -0.1) is 0 Å². The normalized spacial score (nSPS) is 15.9. The SMILES string of the molecule is O=C(CCc1ccc(F)c(F)c1)NC1CCc2nn(Cc3cccnc3)c(=O)n2CC1. The van der Waals surface area contributed by atoms with Crippen molar-refractivity contribution in [2.24, 2.45) is 0 Å². The summed E-state index contributed by atoms with van der Waals surface area (Å²) in [4.78, 5) is 29.1. The lowest BCUT2D eigenvalue weighted by Crippen LogP contribution is -2.36. The first-order valence-electron chi connectivity index (χ1n) is 10.3. The van der Waals surface area contributed by atoms with Crippen molar-refractivity contribution in [3.63, 3.8) is 0 Å². The van der Waals surface area contributed by atoms with E-state index in [0.717, 1.165) is 17.7 Å². The van der Waals surface area contributed by atoms with Crippen LogP contribution in [0.15, 0.2) is 47.5 Å². The quantitative estimate of drug-likeness (QED) is 0.654.